The highest BCUT2D eigenvalue weighted by molar-refractivity contribution is 6.11. The van der Waals surface area contributed by atoms with Crippen LogP contribution in [0.1, 0.15) is 23.0 Å². The van der Waals surface area contributed by atoms with Crippen LogP contribution in [0.4, 0.5) is 4.79 Å². The lowest BCUT2D eigenvalue weighted by Crippen LogP contribution is -2.42. The van der Waals surface area contributed by atoms with Crippen LogP contribution in [0.5, 0.6) is 11.5 Å². The molecule has 1 fully saturated rings. The first-order valence-electron chi connectivity index (χ1n) is 9.39. The number of benzene rings is 2. The lowest BCUT2D eigenvalue weighted by Gasteiger charge is -2.20. The van der Waals surface area contributed by atoms with Gasteiger partial charge >= 0.3 is 6.03 Å². The number of hydrogen-bond acceptors (Lipinski definition) is 5. The highest BCUT2D eigenvalue weighted by Crippen LogP contribution is 2.27. The number of nitrogens with zero attached hydrogens (tertiary/aromatic N) is 2. The number of amides is 3. The summed E-state index contributed by atoms with van der Waals surface area (Å²) in [5, 5.41) is 2.64. The third-order valence-electron chi connectivity index (χ3n) is 4.91. The third kappa shape index (κ3) is 3.65. The van der Waals surface area contributed by atoms with Crippen molar-refractivity contribution in [2.24, 2.45) is 0 Å². The smallest absolute Gasteiger partial charge is 0.325 e. The Hall–Kier alpha value is -4.00. The maximum absolute atomic E-state index is 12.9. The molecule has 3 aromatic rings. The highest BCUT2D eigenvalue weighted by Gasteiger charge is 2.50. The number of carbonyl (C=O) groups is 3. The summed E-state index contributed by atoms with van der Waals surface area (Å²) >= 11 is 0. The number of aromatic nitrogens is 1. The van der Waals surface area contributed by atoms with Crippen molar-refractivity contribution in [3.05, 3.63) is 90.3 Å². The Morgan fingerprint density at radius 1 is 0.967 bits per heavy atom. The minimum Gasteiger partial charge on any atom is -0.457 e. The molecule has 1 saturated heterocycles. The van der Waals surface area contributed by atoms with Gasteiger partial charge in [0.25, 0.3) is 5.91 Å². The van der Waals surface area contributed by atoms with E-state index in [1.807, 2.05) is 30.3 Å². The molecule has 3 amide bonds. The number of carbonyl (C=O) groups excluding carboxylic acids is 3. The van der Waals surface area contributed by atoms with Gasteiger partial charge in [0.15, 0.2) is 11.3 Å². The fourth-order valence-electron chi connectivity index (χ4n) is 3.24. The Bertz CT molecular complexity index is 1080. The van der Waals surface area contributed by atoms with E-state index in [1.165, 1.54) is 0 Å². The molecule has 0 bridgehead atoms. The van der Waals surface area contributed by atoms with Crippen LogP contribution in [0.2, 0.25) is 0 Å². The van der Waals surface area contributed by atoms with Crippen LogP contribution in [0.25, 0.3) is 0 Å². The number of ether oxygens (including phenoxy) is 1. The SMILES string of the molecule is CC1(c2ccccn2)NC(=O)N(CC(=O)c2ccc(Oc3ccccc3)cc2)C1=O. The van der Waals surface area contributed by atoms with Crippen molar-refractivity contribution < 1.29 is 19.1 Å². The summed E-state index contributed by atoms with van der Waals surface area (Å²) in [5.41, 5.74) is -0.505. The van der Waals surface area contributed by atoms with Crippen LogP contribution in [0.15, 0.2) is 79.0 Å². The van der Waals surface area contributed by atoms with Gasteiger partial charge in [-0.2, -0.15) is 0 Å². The zero-order valence-electron chi connectivity index (χ0n) is 16.2. The summed E-state index contributed by atoms with van der Waals surface area (Å²) in [5.74, 6) is 0.402. The average Bonchev–Trinajstić information content (AvgIpc) is 2.99. The molecule has 1 N–H and O–H groups in total. The van der Waals surface area contributed by atoms with Gasteiger partial charge in [0.1, 0.15) is 11.5 Å². The molecule has 30 heavy (non-hydrogen) atoms. The second-order valence-electron chi connectivity index (χ2n) is 7.02. The first kappa shape index (κ1) is 19.3. The van der Waals surface area contributed by atoms with E-state index in [2.05, 4.69) is 10.3 Å². The van der Waals surface area contributed by atoms with E-state index in [-0.39, 0.29) is 12.3 Å². The first-order valence-corrected chi connectivity index (χ1v) is 9.39. The fraction of sp³-hybridized carbons (Fsp3) is 0.130. The summed E-state index contributed by atoms with van der Waals surface area (Å²) in [7, 11) is 0. The van der Waals surface area contributed by atoms with Gasteiger partial charge < -0.3 is 10.1 Å². The summed E-state index contributed by atoms with van der Waals surface area (Å²) in [4.78, 5) is 43.1. The van der Waals surface area contributed by atoms with Gasteiger partial charge in [0.2, 0.25) is 0 Å². The van der Waals surface area contributed by atoms with E-state index in [9.17, 15) is 14.4 Å². The van der Waals surface area contributed by atoms with E-state index < -0.39 is 17.5 Å². The molecule has 150 valence electrons. The molecule has 7 nitrogen and oxygen atoms in total. The average molecular weight is 401 g/mol. The van der Waals surface area contributed by atoms with E-state index in [1.54, 1.807) is 55.6 Å². The van der Waals surface area contributed by atoms with E-state index >= 15 is 0 Å². The molecule has 1 atom stereocenters. The van der Waals surface area contributed by atoms with Gasteiger partial charge in [0.05, 0.1) is 12.2 Å². The molecule has 7 heteroatoms. The van der Waals surface area contributed by atoms with Crippen LogP contribution in [-0.4, -0.2) is 34.2 Å². The van der Waals surface area contributed by atoms with Gasteiger partial charge in [-0.25, -0.2) is 4.79 Å². The predicted molar refractivity (Wildman–Crippen MR) is 109 cm³/mol. The Morgan fingerprint density at radius 2 is 1.63 bits per heavy atom. The van der Waals surface area contributed by atoms with Gasteiger partial charge in [-0.05, 0) is 55.5 Å². The van der Waals surface area contributed by atoms with Crippen LogP contribution in [-0.2, 0) is 10.3 Å². The van der Waals surface area contributed by atoms with Crippen molar-refractivity contribution in [1.82, 2.24) is 15.2 Å². The van der Waals surface area contributed by atoms with Crippen molar-refractivity contribution in [1.29, 1.82) is 0 Å². The number of pyridine rings is 1. The largest absolute Gasteiger partial charge is 0.457 e. The van der Waals surface area contributed by atoms with E-state index in [0.29, 0.717) is 22.8 Å². The second-order valence-corrected chi connectivity index (χ2v) is 7.02. The number of nitrogens with one attached hydrogen (secondary N) is 1. The predicted octanol–water partition coefficient (Wildman–Crippen LogP) is 3.52. The number of Topliss-reactive ketones (excluding diaryl/α,β-unsaturated/α-hetero) is 1. The van der Waals surface area contributed by atoms with Crippen LogP contribution in [0, 0.1) is 0 Å². The lowest BCUT2D eigenvalue weighted by molar-refractivity contribution is -0.130. The zero-order valence-corrected chi connectivity index (χ0v) is 16.2. The molecule has 1 aromatic heterocycles. The minimum absolute atomic E-state index is 0.352. The van der Waals surface area contributed by atoms with E-state index in [4.69, 9.17) is 4.74 Å². The van der Waals surface area contributed by atoms with Gasteiger partial charge in [-0.1, -0.05) is 24.3 Å². The number of rotatable bonds is 6. The molecule has 2 heterocycles. The molecule has 4 rings (SSSR count). The molecule has 0 saturated carbocycles. The van der Waals surface area contributed by atoms with Gasteiger partial charge in [-0.15, -0.1) is 0 Å². The number of para-hydroxylation sites is 1. The molecule has 1 aliphatic heterocycles. The number of ketones is 1. The Labute approximate surface area is 173 Å². The maximum Gasteiger partial charge on any atom is 0.325 e. The Balaban J connectivity index is 1.46. The lowest BCUT2D eigenvalue weighted by atomic mass is 9.97. The quantitative estimate of drug-likeness (QED) is 0.504. The number of urea groups is 1. The molecule has 1 unspecified atom stereocenters. The van der Waals surface area contributed by atoms with Crippen molar-refractivity contribution >= 4 is 17.7 Å². The summed E-state index contributed by atoms with van der Waals surface area (Å²) < 4.78 is 5.71. The Kier molecular flexibility index (Phi) is 5.02. The summed E-state index contributed by atoms with van der Waals surface area (Å²) in [6, 6.07) is 20.3. The molecule has 0 spiro atoms. The minimum atomic E-state index is -1.30. The maximum atomic E-state index is 12.9. The molecular formula is C23H19N3O4. The second kappa shape index (κ2) is 7.79. The normalized spacial score (nSPS) is 18.2. The van der Waals surface area contributed by atoms with Crippen LogP contribution in [0.3, 0.4) is 0 Å². The molecule has 0 aliphatic carbocycles. The summed E-state index contributed by atoms with van der Waals surface area (Å²) in [6.45, 7) is 1.22. The van der Waals surface area contributed by atoms with Crippen molar-refractivity contribution in [3.63, 3.8) is 0 Å². The summed E-state index contributed by atoms with van der Waals surface area (Å²) in [6.07, 6.45) is 1.55. The Morgan fingerprint density at radius 3 is 2.30 bits per heavy atom. The van der Waals surface area contributed by atoms with E-state index in [0.717, 1.165) is 4.90 Å². The van der Waals surface area contributed by atoms with Gasteiger partial charge in [-0.3, -0.25) is 19.5 Å². The highest BCUT2D eigenvalue weighted by atomic mass is 16.5. The number of hydrogen-bond donors (Lipinski definition) is 1. The topological polar surface area (TPSA) is 88.6 Å². The van der Waals surface area contributed by atoms with Crippen molar-refractivity contribution in [2.45, 2.75) is 12.5 Å². The molecule has 0 radical (unpaired) electrons. The van der Waals surface area contributed by atoms with Crippen LogP contribution >= 0.6 is 0 Å². The fourth-order valence-corrected chi connectivity index (χ4v) is 3.24. The van der Waals surface area contributed by atoms with Gasteiger partial charge in [0, 0.05) is 11.8 Å². The molecule has 2 aromatic carbocycles. The van der Waals surface area contributed by atoms with Crippen LogP contribution < -0.4 is 10.1 Å². The third-order valence-corrected chi connectivity index (χ3v) is 4.91. The van der Waals surface area contributed by atoms with Crippen molar-refractivity contribution in [2.75, 3.05) is 6.54 Å². The number of imide groups is 1. The monoisotopic (exact) mass is 401 g/mol. The van der Waals surface area contributed by atoms with Crippen molar-refractivity contribution in [3.8, 4) is 11.5 Å². The first-order chi connectivity index (χ1) is 14.5. The zero-order chi connectivity index (χ0) is 21.1. The molecule has 1 aliphatic rings. The standard InChI is InChI=1S/C23H19N3O4/c1-23(20-9-5-6-14-24-20)21(28)26(22(29)25-23)15-19(27)16-10-12-18(13-11-16)30-17-7-3-2-4-8-17/h2-14H,15H2,1H3,(H,25,29). The molecular weight excluding hydrogens is 382 g/mol.